The normalized spacial score (nSPS) is 13.4. The highest BCUT2D eigenvalue weighted by atomic mass is 79.9. The van der Waals surface area contributed by atoms with Crippen molar-refractivity contribution in [2.75, 3.05) is 0 Å². The van der Waals surface area contributed by atoms with Gasteiger partial charge in [0.05, 0.1) is 0 Å². The topological polar surface area (TPSA) is 26.3 Å². The van der Waals surface area contributed by atoms with Crippen LogP contribution in [0.5, 0.6) is 5.75 Å². The van der Waals surface area contributed by atoms with E-state index in [1.807, 2.05) is 30.3 Å². The Labute approximate surface area is 159 Å². The van der Waals surface area contributed by atoms with Gasteiger partial charge in [0.2, 0.25) is 10.8 Å². The number of hydrogen-bond acceptors (Lipinski definition) is 2. The Balaban J connectivity index is 2.06. The molecule has 0 aliphatic heterocycles. The van der Waals surface area contributed by atoms with Crippen molar-refractivity contribution in [1.82, 2.24) is 0 Å². The van der Waals surface area contributed by atoms with E-state index in [-0.39, 0.29) is 16.6 Å². The predicted octanol–water partition coefficient (Wildman–Crippen LogP) is 6.38. The van der Waals surface area contributed by atoms with E-state index in [1.165, 1.54) is 5.56 Å². The zero-order valence-corrected chi connectivity index (χ0v) is 17.3. The molecule has 134 valence electrons. The number of carbonyl (C=O) groups is 1. The molecule has 2 rings (SSSR count). The van der Waals surface area contributed by atoms with E-state index in [4.69, 9.17) is 4.74 Å². The van der Waals surface area contributed by atoms with Gasteiger partial charge in [-0.05, 0) is 50.9 Å². The molecule has 0 aliphatic rings. The van der Waals surface area contributed by atoms with Crippen LogP contribution in [0, 0.1) is 5.41 Å². The van der Waals surface area contributed by atoms with Crippen molar-refractivity contribution in [2.24, 2.45) is 5.41 Å². The summed E-state index contributed by atoms with van der Waals surface area (Å²) in [4.78, 5) is 12.4. The first-order valence-electron chi connectivity index (χ1n) is 8.59. The average molecular weight is 403 g/mol. The van der Waals surface area contributed by atoms with Gasteiger partial charge in [-0.25, -0.2) is 0 Å². The number of hydrogen-bond donors (Lipinski definition) is 0. The van der Waals surface area contributed by atoms with Crippen molar-refractivity contribution in [3.8, 4) is 5.75 Å². The summed E-state index contributed by atoms with van der Waals surface area (Å²) >= 11 is 3.34. The molecule has 1 atom stereocenters. The number of benzene rings is 2. The van der Waals surface area contributed by atoms with Crippen LogP contribution in [-0.2, 0) is 5.41 Å². The van der Waals surface area contributed by atoms with Crippen LogP contribution in [0.25, 0.3) is 0 Å². The van der Waals surface area contributed by atoms with Crippen LogP contribution in [0.4, 0.5) is 0 Å². The van der Waals surface area contributed by atoms with Gasteiger partial charge >= 0.3 is 0 Å². The SMILES string of the molecule is CC(C)(C)CC(C)(C)c1ccc(OC(Br)C(=O)c2ccccc2)cc1. The van der Waals surface area contributed by atoms with Gasteiger partial charge in [-0.3, -0.25) is 4.79 Å². The number of ketones is 1. The van der Waals surface area contributed by atoms with E-state index in [2.05, 4.69) is 62.7 Å². The van der Waals surface area contributed by atoms with Crippen molar-refractivity contribution in [2.45, 2.75) is 51.5 Å². The monoisotopic (exact) mass is 402 g/mol. The largest absolute Gasteiger partial charge is 0.471 e. The van der Waals surface area contributed by atoms with Crippen molar-refractivity contribution in [3.05, 3.63) is 65.7 Å². The molecule has 0 saturated carbocycles. The Morgan fingerprint density at radius 2 is 1.52 bits per heavy atom. The molecule has 0 fully saturated rings. The third kappa shape index (κ3) is 5.71. The molecule has 3 heteroatoms. The van der Waals surface area contributed by atoms with Crippen LogP contribution < -0.4 is 4.74 Å². The molecule has 1 unspecified atom stereocenters. The smallest absolute Gasteiger partial charge is 0.215 e. The number of ether oxygens (including phenoxy) is 1. The lowest BCUT2D eigenvalue weighted by Crippen LogP contribution is -2.25. The van der Waals surface area contributed by atoms with Gasteiger partial charge in [0, 0.05) is 5.56 Å². The summed E-state index contributed by atoms with van der Waals surface area (Å²) in [5.74, 6) is 0.596. The lowest BCUT2D eigenvalue weighted by molar-refractivity contribution is 0.0897. The number of carbonyl (C=O) groups excluding carboxylic acids is 1. The quantitative estimate of drug-likeness (QED) is 0.413. The maximum Gasteiger partial charge on any atom is 0.215 e. The zero-order valence-electron chi connectivity index (χ0n) is 15.7. The standard InChI is InChI=1S/C22H27BrO2/c1-21(2,3)15-22(4,5)17-11-13-18(14-12-17)25-20(23)19(24)16-9-7-6-8-10-16/h6-14,20H,15H2,1-5H3. The van der Waals surface area contributed by atoms with Gasteiger partial charge in [-0.2, -0.15) is 0 Å². The van der Waals surface area contributed by atoms with Crippen LogP contribution in [0.2, 0.25) is 0 Å². The molecule has 0 spiro atoms. The number of Topliss-reactive ketones (excluding diaryl/α,β-unsaturated/α-hetero) is 1. The Hall–Kier alpha value is -1.61. The van der Waals surface area contributed by atoms with E-state index < -0.39 is 5.01 Å². The van der Waals surface area contributed by atoms with Gasteiger partial charge in [0.25, 0.3) is 0 Å². The van der Waals surface area contributed by atoms with E-state index in [1.54, 1.807) is 12.1 Å². The van der Waals surface area contributed by atoms with E-state index in [0.29, 0.717) is 11.3 Å². The summed E-state index contributed by atoms with van der Waals surface area (Å²) < 4.78 is 5.77. The van der Waals surface area contributed by atoms with Crippen molar-refractivity contribution < 1.29 is 9.53 Å². The fourth-order valence-electron chi connectivity index (χ4n) is 3.32. The third-order valence-corrected chi connectivity index (χ3v) is 4.71. The first kappa shape index (κ1) is 19.7. The number of halogens is 1. The molecule has 0 amide bonds. The summed E-state index contributed by atoms with van der Waals surface area (Å²) in [5, 5.41) is -0.691. The van der Waals surface area contributed by atoms with Gasteiger partial charge in [-0.1, -0.05) is 77.1 Å². The molecule has 0 bridgehead atoms. The van der Waals surface area contributed by atoms with Crippen LogP contribution >= 0.6 is 15.9 Å². The second-order valence-electron chi connectivity index (χ2n) is 8.31. The van der Waals surface area contributed by atoms with Crippen LogP contribution in [0.15, 0.2) is 54.6 Å². The second-order valence-corrected chi connectivity index (χ2v) is 9.14. The predicted molar refractivity (Wildman–Crippen MR) is 108 cm³/mol. The van der Waals surface area contributed by atoms with Crippen LogP contribution in [0.1, 0.15) is 57.0 Å². The average Bonchev–Trinajstić information content (AvgIpc) is 2.53. The number of alkyl halides is 1. The zero-order chi connectivity index (χ0) is 18.7. The van der Waals surface area contributed by atoms with Crippen molar-refractivity contribution in [1.29, 1.82) is 0 Å². The lowest BCUT2D eigenvalue weighted by Gasteiger charge is -2.33. The fraction of sp³-hybridized carbons (Fsp3) is 0.409. The molecule has 0 aliphatic carbocycles. The first-order chi connectivity index (χ1) is 11.6. The summed E-state index contributed by atoms with van der Waals surface area (Å²) in [6.07, 6.45) is 1.09. The van der Waals surface area contributed by atoms with Crippen molar-refractivity contribution >= 4 is 21.7 Å². The highest BCUT2D eigenvalue weighted by molar-refractivity contribution is 9.09. The lowest BCUT2D eigenvalue weighted by atomic mass is 9.72. The molecular formula is C22H27BrO2. The molecular weight excluding hydrogens is 376 g/mol. The van der Waals surface area contributed by atoms with E-state index in [0.717, 1.165) is 6.42 Å². The minimum absolute atomic E-state index is 0.0854. The molecule has 2 nitrogen and oxygen atoms in total. The Morgan fingerprint density at radius 3 is 2.04 bits per heavy atom. The highest BCUT2D eigenvalue weighted by Gasteiger charge is 2.27. The molecule has 2 aromatic carbocycles. The third-order valence-electron chi connectivity index (χ3n) is 4.11. The fourth-order valence-corrected chi connectivity index (χ4v) is 3.80. The van der Waals surface area contributed by atoms with Crippen LogP contribution in [-0.4, -0.2) is 10.8 Å². The molecule has 2 aromatic rings. The van der Waals surface area contributed by atoms with Gasteiger partial charge in [0.1, 0.15) is 5.75 Å². The summed E-state index contributed by atoms with van der Waals surface area (Å²) in [5.41, 5.74) is 2.26. The molecule has 0 heterocycles. The van der Waals surface area contributed by atoms with E-state index >= 15 is 0 Å². The van der Waals surface area contributed by atoms with E-state index in [9.17, 15) is 4.79 Å². The maximum absolute atomic E-state index is 12.4. The first-order valence-corrected chi connectivity index (χ1v) is 9.51. The maximum atomic E-state index is 12.4. The Kier molecular flexibility index (Phi) is 6.10. The molecule has 0 aromatic heterocycles. The summed E-state index contributed by atoms with van der Waals surface area (Å²) in [6.45, 7) is 11.3. The van der Waals surface area contributed by atoms with Crippen LogP contribution in [0.3, 0.4) is 0 Å². The summed E-state index contributed by atoms with van der Waals surface area (Å²) in [6, 6.07) is 17.2. The number of rotatable bonds is 6. The molecule has 0 saturated heterocycles. The van der Waals surface area contributed by atoms with Crippen molar-refractivity contribution in [3.63, 3.8) is 0 Å². The second kappa shape index (κ2) is 7.74. The molecule has 0 radical (unpaired) electrons. The van der Waals surface area contributed by atoms with Gasteiger partial charge < -0.3 is 4.74 Å². The molecule has 0 N–H and O–H groups in total. The van der Waals surface area contributed by atoms with Gasteiger partial charge in [-0.15, -0.1) is 0 Å². The minimum Gasteiger partial charge on any atom is -0.471 e. The van der Waals surface area contributed by atoms with Gasteiger partial charge in [0.15, 0.2) is 0 Å². The minimum atomic E-state index is -0.691. The Bertz CT molecular complexity index is 697. The Morgan fingerprint density at radius 1 is 0.960 bits per heavy atom. The highest BCUT2D eigenvalue weighted by Crippen LogP contribution is 2.36. The summed E-state index contributed by atoms with van der Waals surface area (Å²) in [7, 11) is 0. The molecule has 25 heavy (non-hydrogen) atoms.